The molecular formula is C27H29NO5. The van der Waals surface area contributed by atoms with Gasteiger partial charge in [-0.15, -0.1) is 0 Å². The zero-order valence-corrected chi connectivity index (χ0v) is 18.7. The lowest BCUT2D eigenvalue weighted by molar-refractivity contribution is -0.150. The zero-order valence-electron chi connectivity index (χ0n) is 18.7. The number of furan rings is 1. The number of carbonyl (C=O) groups is 2. The number of hydrogen-bond donors (Lipinski definition) is 1. The van der Waals surface area contributed by atoms with E-state index in [9.17, 15) is 9.59 Å². The molecule has 4 bridgehead atoms. The molecule has 6 nitrogen and oxygen atoms in total. The van der Waals surface area contributed by atoms with Gasteiger partial charge in [-0.3, -0.25) is 4.79 Å². The molecule has 4 fully saturated rings. The van der Waals surface area contributed by atoms with Crippen molar-refractivity contribution in [2.24, 2.45) is 23.2 Å². The summed E-state index contributed by atoms with van der Waals surface area (Å²) in [4.78, 5) is 24.4. The minimum atomic E-state index is -0.558. The summed E-state index contributed by atoms with van der Waals surface area (Å²) in [6, 6.07) is 13.2. The van der Waals surface area contributed by atoms with Crippen molar-refractivity contribution >= 4 is 33.8 Å². The van der Waals surface area contributed by atoms with Crippen LogP contribution in [-0.4, -0.2) is 31.6 Å². The molecule has 1 amide bonds. The van der Waals surface area contributed by atoms with Crippen LogP contribution < -0.4 is 10.1 Å². The summed E-state index contributed by atoms with van der Waals surface area (Å²) in [5.74, 6) is 2.31. The van der Waals surface area contributed by atoms with Gasteiger partial charge >= 0.3 is 5.97 Å². The van der Waals surface area contributed by atoms with Crippen LogP contribution in [-0.2, 0) is 14.3 Å². The zero-order chi connectivity index (χ0) is 22.4. The Kier molecular flexibility index (Phi) is 5.04. The minimum Gasteiger partial charge on any atom is -0.482 e. The highest BCUT2D eigenvalue weighted by Gasteiger charge is 2.50. The Morgan fingerprint density at radius 3 is 2.36 bits per heavy atom. The van der Waals surface area contributed by atoms with Crippen LogP contribution in [0, 0.1) is 23.2 Å². The van der Waals surface area contributed by atoms with Gasteiger partial charge in [0, 0.05) is 17.3 Å². The molecule has 33 heavy (non-hydrogen) atoms. The summed E-state index contributed by atoms with van der Waals surface area (Å²) in [5.41, 5.74) is 1.85. The van der Waals surface area contributed by atoms with Crippen molar-refractivity contribution in [2.45, 2.75) is 38.5 Å². The quantitative estimate of drug-likeness (QED) is 0.525. The molecule has 172 valence electrons. The number of hydrogen-bond acceptors (Lipinski definition) is 5. The molecule has 6 heteroatoms. The van der Waals surface area contributed by atoms with Crippen LogP contribution in [0.1, 0.15) is 38.5 Å². The smallest absolute Gasteiger partial charge is 0.344 e. The molecular weight excluding hydrogens is 418 g/mol. The molecule has 0 unspecified atom stereocenters. The Labute approximate surface area is 192 Å². The Hall–Kier alpha value is -3.02. The summed E-state index contributed by atoms with van der Waals surface area (Å²) >= 11 is 0. The van der Waals surface area contributed by atoms with E-state index in [1.54, 1.807) is 6.07 Å². The number of para-hydroxylation sites is 1. The molecule has 1 aromatic heterocycles. The highest BCUT2D eigenvalue weighted by Crippen LogP contribution is 2.59. The number of rotatable bonds is 7. The first-order valence-corrected chi connectivity index (χ1v) is 12.0. The fourth-order valence-electron chi connectivity index (χ4n) is 6.97. The highest BCUT2D eigenvalue weighted by atomic mass is 16.6. The van der Waals surface area contributed by atoms with Crippen molar-refractivity contribution in [1.82, 2.24) is 5.32 Å². The number of ether oxygens (including phenoxy) is 2. The largest absolute Gasteiger partial charge is 0.482 e. The average molecular weight is 448 g/mol. The summed E-state index contributed by atoms with van der Waals surface area (Å²) < 4.78 is 16.6. The minimum absolute atomic E-state index is 0.231. The van der Waals surface area contributed by atoms with E-state index in [0.29, 0.717) is 12.3 Å². The van der Waals surface area contributed by atoms with E-state index in [1.165, 1.54) is 38.5 Å². The molecule has 2 aromatic carbocycles. The lowest BCUT2D eigenvalue weighted by atomic mass is 9.49. The molecule has 0 saturated heterocycles. The van der Waals surface area contributed by atoms with Gasteiger partial charge in [0.15, 0.2) is 13.2 Å². The number of benzene rings is 2. The van der Waals surface area contributed by atoms with Crippen LogP contribution in [0.4, 0.5) is 0 Å². The van der Waals surface area contributed by atoms with Gasteiger partial charge in [-0.1, -0.05) is 18.2 Å². The molecule has 0 atom stereocenters. The van der Waals surface area contributed by atoms with Crippen LogP contribution in [0.25, 0.3) is 21.9 Å². The summed E-state index contributed by atoms with van der Waals surface area (Å²) in [6.45, 7) is 0.200. The monoisotopic (exact) mass is 447 g/mol. The molecule has 3 aromatic rings. The molecule has 0 aliphatic heterocycles. The number of amides is 1. The van der Waals surface area contributed by atoms with Gasteiger partial charge in [0.1, 0.15) is 16.9 Å². The number of carbonyl (C=O) groups excluding carboxylic acids is 2. The van der Waals surface area contributed by atoms with Gasteiger partial charge in [-0.25, -0.2) is 4.79 Å². The lowest BCUT2D eigenvalue weighted by Crippen LogP contribution is -2.51. The molecule has 4 aliphatic carbocycles. The average Bonchev–Trinajstić information content (AvgIpc) is 3.17. The Bertz CT molecular complexity index is 1180. The summed E-state index contributed by atoms with van der Waals surface area (Å²) in [5, 5.41) is 4.96. The van der Waals surface area contributed by atoms with Crippen molar-refractivity contribution in [2.75, 3.05) is 19.8 Å². The standard InChI is InChI=1S/C27H29NO5/c29-25(28-16-27-11-17-7-18(12-27)9-19(8-17)13-27)14-32-26(30)15-31-20-5-6-24-22(10-20)21-3-1-2-4-23(21)33-24/h1-6,10,17-19H,7-9,11-16H2,(H,28,29). The third-order valence-corrected chi connectivity index (χ3v) is 7.89. The molecule has 1 N–H and O–H groups in total. The second-order valence-electron chi connectivity index (χ2n) is 10.4. The number of nitrogens with one attached hydrogen (secondary N) is 1. The van der Waals surface area contributed by atoms with Crippen LogP contribution in [0.5, 0.6) is 5.75 Å². The van der Waals surface area contributed by atoms with Crippen molar-refractivity contribution < 1.29 is 23.5 Å². The van der Waals surface area contributed by atoms with Gasteiger partial charge < -0.3 is 19.2 Å². The lowest BCUT2D eigenvalue weighted by Gasteiger charge is -2.56. The van der Waals surface area contributed by atoms with Crippen molar-refractivity contribution in [3.8, 4) is 5.75 Å². The molecule has 4 saturated carbocycles. The first kappa shape index (κ1) is 20.6. The van der Waals surface area contributed by atoms with Crippen LogP contribution in [0.15, 0.2) is 46.9 Å². The molecule has 1 heterocycles. The fourth-order valence-corrected chi connectivity index (χ4v) is 6.97. The van der Waals surface area contributed by atoms with Crippen molar-refractivity contribution in [1.29, 1.82) is 0 Å². The predicted molar refractivity (Wildman–Crippen MR) is 124 cm³/mol. The van der Waals surface area contributed by atoms with E-state index < -0.39 is 5.97 Å². The second kappa shape index (κ2) is 8.08. The van der Waals surface area contributed by atoms with Gasteiger partial charge in [0.05, 0.1) is 0 Å². The van der Waals surface area contributed by atoms with Gasteiger partial charge in [0.25, 0.3) is 5.91 Å². The van der Waals surface area contributed by atoms with Crippen molar-refractivity contribution in [3.63, 3.8) is 0 Å². The van der Waals surface area contributed by atoms with Crippen LogP contribution in [0.2, 0.25) is 0 Å². The molecule has 0 spiro atoms. The Balaban J connectivity index is 0.981. The second-order valence-corrected chi connectivity index (χ2v) is 10.4. The summed E-state index contributed by atoms with van der Waals surface area (Å²) in [6.07, 6.45) is 7.87. The maximum Gasteiger partial charge on any atom is 0.344 e. The Morgan fingerprint density at radius 1 is 0.909 bits per heavy atom. The third kappa shape index (κ3) is 4.07. The van der Waals surface area contributed by atoms with E-state index in [4.69, 9.17) is 13.9 Å². The van der Waals surface area contributed by atoms with Crippen LogP contribution in [0.3, 0.4) is 0 Å². The maximum atomic E-state index is 12.3. The molecule has 0 radical (unpaired) electrons. The number of esters is 1. The molecule has 7 rings (SSSR count). The third-order valence-electron chi connectivity index (χ3n) is 7.89. The topological polar surface area (TPSA) is 77.8 Å². The number of fused-ring (bicyclic) bond motifs is 3. The van der Waals surface area contributed by atoms with E-state index in [-0.39, 0.29) is 24.5 Å². The SMILES string of the molecule is O=C(COC(=O)COc1ccc2oc3ccccc3c2c1)NCC12CC3CC(CC(C3)C1)C2. The first-order valence-electron chi connectivity index (χ1n) is 12.0. The van der Waals surface area contributed by atoms with E-state index in [0.717, 1.165) is 39.7 Å². The van der Waals surface area contributed by atoms with Gasteiger partial charge in [-0.05, 0) is 86.0 Å². The maximum absolute atomic E-state index is 12.3. The molecule has 4 aliphatic rings. The van der Waals surface area contributed by atoms with Gasteiger partial charge in [0.2, 0.25) is 0 Å². The normalized spacial score (nSPS) is 27.7. The predicted octanol–water partition coefficient (Wildman–Crippen LogP) is 4.84. The fraction of sp³-hybridized carbons (Fsp3) is 0.481. The van der Waals surface area contributed by atoms with E-state index in [1.807, 2.05) is 36.4 Å². The van der Waals surface area contributed by atoms with Gasteiger partial charge in [-0.2, -0.15) is 0 Å². The summed E-state index contributed by atoms with van der Waals surface area (Å²) in [7, 11) is 0. The highest BCUT2D eigenvalue weighted by molar-refractivity contribution is 6.05. The first-order chi connectivity index (χ1) is 16.1. The van der Waals surface area contributed by atoms with E-state index >= 15 is 0 Å². The van der Waals surface area contributed by atoms with Crippen molar-refractivity contribution in [3.05, 3.63) is 42.5 Å². The van der Waals surface area contributed by atoms with E-state index in [2.05, 4.69) is 5.32 Å². The Morgan fingerprint density at radius 2 is 1.61 bits per heavy atom. The van der Waals surface area contributed by atoms with Crippen LogP contribution >= 0.6 is 0 Å².